The summed E-state index contributed by atoms with van der Waals surface area (Å²) < 4.78 is 13.0. The molecule has 1 aromatic carbocycles. The third kappa shape index (κ3) is 4.66. The SMILES string of the molecule is C[C@@H](N)C(=O)NC1CCCN(Cc2ccc(F)cc2Cl)C1. The van der Waals surface area contributed by atoms with Crippen molar-refractivity contribution in [2.45, 2.75) is 38.4 Å². The van der Waals surface area contributed by atoms with E-state index in [0.29, 0.717) is 11.6 Å². The topological polar surface area (TPSA) is 58.4 Å². The fourth-order valence-corrected chi connectivity index (χ4v) is 2.77. The van der Waals surface area contributed by atoms with Crippen molar-refractivity contribution in [1.29, 1.82) is 0 Å². The van der Waals surface area contributed by atoms with Gasteiger partial charge in [0.25, 0.3) is 0 Å². The molecule has 2 atom stereocenters. The van der Waals surface area contributed by atoms with Gasteiger partial charge in [-0.25, -0.2) is 4.39 Å². The van der Waals surface area contributed by atoms with E-state index in [9.17, 15) is 9.18 Å². The maximum atomic E-state index is 13.0. The van der Waals surface area contributed by atoms with Crippen LogP contribution in [0.4, 0.5) is 4.39 Å². The molecule has 1 aromatic rings. The van der Waals surface area contributed by atoms with E-state index in [1.165, 1.54) is 12.1 Å². The molecular weight excluding hydrogens is 293 g/mol. The summed E-state index contributed by atoms with van der Waals surface area (Å²) in [5, 5.41) is 3.40. The van der Waals surface area contributed by atoms with Crippen LogP contribution in [0.25, 0.3) is 0 Å². The monoisotopic (exact) mass is 313 g/mol. The van der Waals surface area contributed by atoms with Crippen molar-refractivity contribution in [3.8, 4) is 0 Å². The maximum Gasteiger partial charge on any atom is 0.236 e. The van der Waals surface area contributed by atoms with Gasteiger partial charge in [-0.15, -0.1) is 0 Å². The lowest BCUT2D eigenvalue weighted by atomic mass is 10.0. The van der Waals surface area contributed by atoms with Crippen LogP contribution in [0.1, 0.15) is 25.3 Å². The molecule has 0 spiro atoms. The summed E-state index contributed by atoms with van der Waals surface area (Å²) in [5.74, 6) is -0.453. The number of likely N-dealkylation sites (tertiary alicyclic amines) is 1. The number of halogens is 2. The molecular formula is C15H21ClFN3O. The van der Waals surface area contributed by atoms with Crippen molar-refractivity contribution in [3.63, 3.8) is 0 Å². The molecule has 21 heavy (non-hydrogen) atoms. The van der Waals surface area contributed by atoms with E-state index in [-0.39, 0.29) is 17.8 Å². The number of nitrogens with two attached hydrogens (primary N) is 1. The minimum Gasteiger partial charge on any atom is -0.351 e. The molecule has 3 N–H and O–H groups in total. The third-order valence-corrected chi connectivity index (χ3v) is 4.03. The second kappa shape index (κ2) is 7.20. The number of nitrogens with zero attached hydrogens (tertiary/aromatic N) is 1. The van der Waals surface area contributed by atoms with Crippen LogP contribution in [0.2, 0.25) is 5.02 Å². The Balaban J connectivity index is 1.93. The highest BCUT2D eigenvalue weighted by Gasteiger charge is 2.22. The molecule has 0 radical (unpaired) electrons. The normalized spacial score (nSPS) is 21.0. The number of rotatable bonds is 4. The first-order chi connectivity index (χ1) is 9.95. The Labute approximate surface area is 129 Å². The molecule has 0 bridgehead atoms. The Morgan fingerprint density at radius 1 is 1.62 bits per heavy atom. The first-order valence-electron chi connectivity index (χ1n) is 7.18. The molecule has 1 amide bonds. The summed E-state index contributed by atoms with van der Waals surface area (Å²) in [6.07, 6.45) is 1.95. The number of hydrogen-bond acceptors (Lipinski definition) is 3. The summed E-state index contributed by atoms with van der Waals surface area (Å²) in [4.78, 5) is 13.9. The molecule has 2 rings (SSSR count). The quantitative estimate of drug-likeness (QED) is 0.892. The molecule has 1 heterocycles. The smallest absolute Gasteiger partial charge is 0.236 e. The van der Waals surface area contributed by atoms with Crippen molar-refractivity contribution >= 4 is 17.5 Å². The van der Waals surface area contributed by atoms with Gasteiger partial charge in [0.05, 0.1) is 6.04 Å². The van der Waals surface area contributed by atoms with Gasteiger partial charge >= 0.3 is 0 Å². The molecule has 0 aromatic heterocycles. The van der Waals surface area contributed by atoms with Crippen LogP contribution in [0, 0.1) is 5.82 Å². The largest absolute Gasteiger partial charge is 0.351 e. The second-order valence-corrected chi connectivity index (χ2v) is 6.01. The maximum absolute atomic E-state index is 13.0. The predicted octanol–water partition coefficient (Wildman–Crippen LogP) is 1.91. The number of carbonyl (C=O) groups is 1. The summed E-state index contributed by atoms with van der Waals surface area (Å²) >= 11 is 6.06. The van der Waals surface area contributed by atoms with E-state index < -0.39 is 6.04 Å². The molecule has 1 aliphatic heterocycles. The molecule has 0 aliphatic carbocycles. The van der Waals surface area contributed by atoms with Gasteiger partial charge in [0.15, 0.2) is 0 Å². The van der Waals surface area contributed by atoms with Crippen LogP contribution in [0.15, 0.2) is 18.2 Å². The van der Waals surface area contributed by atoms with Crippen LogP contribution in [0.3, 0.4) is 0 Å². The molecule has 1 unspecified atom stereocenters. The Morgan fingerprint density at radius 2 is 2.38 bits per heavy atom. The van der Waals surface area contributed by atoms with E-state index in [0.717, 1.165) is 31.5 Å². The van der Waals surface area contributed by atoms with E-state index in [2.05, 4.69) is 10.2 Å². The highest BCUT2D eigenvalue weighted by Crippen LogP contribution is 2.21. The Hall–Kier alpha value is -1.17. The Bertz CT molecular complexity index is 510. The number of carbonyl (C=O) groups excluding carboxylic acids is 1. The van der Waals surface area contributed by atoms with Gasteiger partial charge in [0.1, 0.15) is 5.82 Å². The average molecular weight is 314 g/mol. The van der Waals surface area contributed by atoms with Gasteiger partial charge in [0.2, 0.25) is 5.91 Å². The summed E-state index contributed by atoms with van der Waals surface area (Å²) in [6, 6.07) is 4.07. The van der Waals surface area contributed by atoms with E-state index >= 15 is 0 Å². The lowest BCUT2D eigenvalue weighted by Crippen LogP contribution is -2.51. The molecule has 1 saturated heterocycles. The lowest BCUT2D eigenvalue weighted by Gasteiger charge is -2.33. The van der Waals surface area contributed by atoms with Crippen LogP contribution < -0.4 is 11.1 Å². The van der Waals surface area contributed by atoms with Gasteiger partial charge in [-0.3, -0.25) is 9.69 Å². The van der Waals surface area contributed by atoms with Gasteiger partial charge in [0, 0.05) is 24.2 Å². The number of nitrogens with one attached hydrogen (secondary N) is 1. The highest BCUT2D eigenvalue weighted by molar-refractivity contribution is 6.31. The van der Waals surface area contributed by atoms with Crippen LogP contribution >= 0.6 is 11.6 Å². The number of piperidine rings is 1. The summed E-state index contributed by atoms with van der Waals surface area (Å²) in [6.45, 7) is 4.03. The molecule has 1 fully saturated rings. The van der Waals surface area contributed by atoms with Crippen molar-refractivity contribution in [3.05, 3.63) is 34.6 Å². The van der Waals surface area contributed by atoms with Gasteiger partial charge in [-0.2, -0.15) is 0 Å². The minimum absolute atomic E-state index is 0.108. The zero-order chi connectivity index (χ0) is 15.4. The van der Waals surface area contributed by atoms with Crippen LogP contribution in [-0.4, -0.2) is 36.0 Å². The molecule has 0 saturated carbocycles. The fourth-order valence-electron chi connectivity index (χ4n) is 2.54. The zero-order valence-corrected chi connectivity index (χ0v) is 12.9. The minimum atomic E-state index is -0.494. The van der Waals surface area contributed by atoms with Crippen LogP contribution in [-0.2, 0) is 11.3 Å². The van der Waals surface area contributed by atoms with Crippen molar-refractivity contribution < 1.29 is 9.18 Å². The second-order valence-electron chi connectivity index (χ2n) is 5.61. The fraction of sp³-hybridized carbons (Fsp3) is 0.533. The first-order valence-corrected chi connectivity index (χ1v) is 7.55. The zero-order valence-electron chi connectivity index (χ0n) is 12.1. The molecule has 1 aliphatic rings. The summed E-state index contributed by atoms with van der Waals surface area (Å²) in [5.41, 5.74) is 6.47. The number of benzene rings is 1. The lowest BCUT2D eigenvalue weighted by molar-refractivity contribution is -0.123. The molecule has 6 heteroatoms. The van der Waals surface area contributed by atoms with Crippen molar-refractivity contribution in [1.82, 2.24) is 10.2 Å². The summed E-state index contributed by atoms with van der Waals surface area (Å²) in [7, 11) is 0. The van der Waals surface area contributed by atoms with Gasteiger partial charge in [-0.05, 0) is 44.0 Å². The number of hydrogen-bond donors (Lipinski definition) is 2. The van der Waals surface area contributed by atoms with Crippen LogP contribution in [0.5, 0.6) is 0 Å². The van der Waals surface area contributed by atoms with E-state index in [4.69, 9.17) is 17.3 Å². The molecule has 4 nitrogen and oxygen atoms in total. The standard InChI is InChI=1S/C15H21ClFN3O/c1-10(18)15(21)19-13-3-2-6-20(9-13)8-11-4-5-12(17)7-14(11)16/h4-5,7,10,13H,2-3,6,8-9,18H2,1H3,(H,19,21)/t10-,13?/m1/s1. The molecule has 116 valence electrons. The van der Waals surface area contributed by atoms with Gasteiger partial charge in [-0.1, -0.05) is 17.7 Å². The first kappa shape index (κ1) is 16.2. The predicted molar refractivity (Wildman–Crippen MR) is 81.5 cm³/mol. The van der Waals surface area contributed by atoms with Crippen molar-refractivity contribution in [2.75, 3.05) is 13.1 Å². The number of amides is 1. The van der Waals surface area contributed by atoms with E-state index in [1.807, 2.05) is 0 Å². The highest BCUT2D eigenvalue weighted by atomic mass is 35.5. The average Bonchev–Trinajstić information content (AvgIpc) is 2.42. The Kier molecular flexibility index (Phi) is 5.56. The third-order valence-electron chi connectivity index (χ3n) is 3.67. The van der Waals surface area contributed by atoms with Crippen molar-refractivity contribution in [2.24, 2.45) is 5.73 Å². The van der Waals surface area contributed by atoms with E-state index in [1.54, 1.807) is 13.0 Å². The van der Waals surface area contributed by atoms with Gasteiger partial charge < -0.3 is 11.1 Å². The Morgan fingerprint density at radius 3 is 3.05 bits per heavy atom.